The number of hydrogen-bond donors (Lipinski definition) is 1. The van der Waals surface area contributed by atoms with Gasteiger partial charge in [0.15, 0.2) is 0 Å². The number of fused-ring (bicyclic) bond motifs is 1. The maximum absolute atomic E-state index is 12.2. The van der Waals surface area contributed by atoms with Gasteiger partial charge in [-0.05, 0) is 54.4 Å². The first-order valence-corrected chi connectivity index (χ1v) is 7.57. The summed E-state index contributed by atoms with van der Waals surface area (Å²) >= 11 is 0. The summed E-state index contributed by atoms with van der Waals surface area (Å²) in [4.78, 5) is 24.1. The number of amides is 2. The molecular weight excluding hydrogens is 266 g/mol. The van der Waals surface area contributed by atoms with Crippen LogP contribution in [0.5, 0.6) is 5.75 Å². The van der Waals surface area contributed by atoms with Crippen molar-refractivity contribution in [2.75, 3.05) is 7.11 Å². The third-order valence-corrected chi connectivity index (χ3v) is 5.09. The first-order valence-electron chi connectivity index (χ1n) is 7.57. The van der Waals surface area contributed by atoms with Crippen LogP contribution in [0, 0.1) is 11.3 Å². The van der Waals surface area contributed by atoms with Crippen LogP contribution in [0.25, 0.3) is 0 Å². The lowest BCUT2D eigenvalue weighted by Crippen LogP contribution is -2.53. The van der Waals surface area contributed by atoms with E-state index in [1.165, 1.54) is 11.1 Å². The number of nitrogens with one attached hydrogen (secondary N) is 1. The molecule has 1 aliphatic heterocycles. The number of ether oxygens (including phenoxy) is 1. The smallest absolute Gasteiger partial charge is 0.230 e. The number of piperidine rings is 1. The molecule has 4 heteroatoms. The van der Waals surface area contributed by atoms with Crippen molar-refractivity contribution in [1.29, 1.82) is 0 Å². The van der Waals surface area contributed by atoms with E-state index >= 15 is 0 Å². The summed E-state index contributed by atoms with van der Waals surface area (Å²) in [5.74, 6) is 0.538. The van der Waals surface area contributed by atoms with Crippen molar-refractivity contribution < 1.29 is 14.3 Å². The van der Waals surface area contributed by atoms with Gasteiger partial charge in [-0.1, -0.05) is 13.0 Å². The van der Waals surface area contributed by atoms with Crippen LogP contribution in [-0.2, 0) is 22.4 Å². The van der Waals surface area contributed by atoms with E-state index in [9.17, 15) is 9.59 Å². The van der Waals surface area contributed by atoms with Crippen LogP contribution >= 0.6 is 0 Å². The zero-order valence-corrected chi connectivity index (χ0v) is 12.6. The largest absolute Gasteiger partial charge is 0.497 e. The van der Waals surface area contributed by atoms with Crippen LogP contribution in [0.1, 0.15) is 37.3 Å². The fourth-order valence-electron chi connectivity index (χ4n) is 4.05. The van der Waals surface area contributed by atoms with E-state index in [0.29, 0.717) is 6.42 Å². The summed E-state index contributed by atoms with van der Waals surface area (Å²) in [5.41, 5.74) is 2.32. The van der Waals surface area contributed by atoms with Gasteiger partial charge in [0.05, 0.1) is 7.11 Å². The number of methoxy groups -OCH3 is 1. The van der Waals surface area contributed by atoms with Crippen molar-refractivity contribution in [1.82, 2.24) is 5.32 Å². The van der Waals surface area contributed by atoms with Crippen molar-refractivity contribution in [2.24, 2.45) is 11.3 Å². The summed E-state index contributed by atoms with van der Waals surface area (Å²) in [6, 6.07) is 6.14. The van der Waals surface area contributed by atoms with Gasteiger partial charge in [-0.25, -0.2) is 0 Å². The minimum atomic E-state index is -0.215. The normalized spacial score (nSPS) is 28.2. The molecular formula is C17H21NO3. The average Bonchev–Trinajstić information content (AvgIpc) is 2.46. The number of aryl methyl sites for hydroxylation is 1. The van der Waals surface area contributed by atoms with Crippen molar-refractivity contribution in [2.45, 2.75) is 39.0 Å². The topological polar surface area (TPSA) is 55.4 Å². The molecule has 0 saturated carbocycles. The predicted octanol–water partition coefficient (Wildman–Crippen LogP) is 2.24. The van der Waals surface area contributed by atoms with Gasteiger partial charge >= 0.3 is 0 Å². The van der Waals surface area contributed by atoms with Gasteiger partial charge < -0.3 is 4.74 Å². The fraction of sp³-hybridized carbons (Fsp3) is 0.529. The van der Waals surface area contributed by atoms with Crippen LogP contribution in [0.2, 0.25) is 0 Å². The summed E-state index contributed by atoms with van der Waals surface area (Å²) in [5, 5.41) is 2.50. The molecule has 1 spiro atoms. The first-order chi connectivity index (χ1) is 10.1. The summed E-state index contributed by atoms with van der Waals surface area (Å²) < 4.78 is 5.31. The maximum Gasteiger partial charge on any atom is 0.230 e. The molecule has 2 aliphatic rings. The molecule has 1 aromatic carbocycles. The highest BCUT2D eigenvalue weighted by Gasteiger charge is 2.48. The Morgan fingerprint density at radius 3 is 2.81 bits per heavy atom. The molecule has 1 fully saturated rings. The van der Waals surface area contributed by atoms with Gasteiger partial charge in [-0.15, -0.1) is 0 Å². The second-order valence-corrected chi connectivity index (χ2v) is 6.22. The van der Waals surface area contributed by atoms with Gasteiger partial charge in [-0.2, -0.15) is 0 Å². The fourth-order valence-corrected chi connectivity index (χ4v) is 4.05. The molecule has 112 valence electrons. The number of benzene rings is 1. The van der Waals surface area contributed by atoms with Gasteiger partial charge in [0.1, 0.15) is 5.75 Å². The van der Waals surface area contributed by atoms with E-state index < -0.39 is 0 Å². The molecule has 0 aromatic heterocycles. The van der Waals surface area contributed by atoms with Crippen molar-refractivity contribution in [3.8, 4) is 5.75 Å². The summed E-state index contributed by atoms with van der Waals surface area (Å²) in [6.45, 7) is 2.03. The van der Waals surface area contributed by atoms with E-state index in [1.54, 1.807) is 7.11 Å². The molecule has 1 saturated heterocycles. The number of rotatable bonds is 2. The minimum absolute atomic E-state index is 0.0745. The Labute approximate surface area is 124 Å². The second kappa shape index (κ2) is 5.17. The molecule has 1 aromatic rings. The third-order valence-electron chi connectivity index (χ3n) is 5.09. The Bertz CT molecular complexity index is 596. The van der Waals surface area contributed by atoms with Gasteiger partial charge in [0, 0.05) is 12.3 Å². The first kappa shape index (κ1) is 14.1. The summed E-state index contributed by atoms with van der Waals surface area (Å²) in [6.07, 6.45) is 3.85. The van der Waals surface area contributed by atoms with Gasteiger partial charge in [0.25, 0.3) is 0 Å². The molecule has 0 bridgehead atoms. The van der Waals surface area contributed by atoms with Crippen LogP contribution in [0.3, 0.4) is 0 Å². The standard InChI is InChI=1S/C17H21NO3/c1-3-14-16(20)18-15(19)10-17(14)7-6-11-4-5-13(21-2)8-12(11)9-17/h4-5,8,14H,3,6-7,9-10H2,1-2H3,(H,18,19,20). The molecule has 3 rings (SSSR count). The van der Waals surface area contributed by atoms with Crippen molar-refractivity contribution in [3.63, 3.8) is 0 Å². The third kappa shape index (κ3) is 2.33. The highest BCUT2D eigenvalue weighted by atomic mass is 16.5. The SMILES string of the molecule is CCC1C(=O)NC(=O)CC12CCc1ccc(OC)cc1C2. The molecule has 1 heterocycles. The molecule has 0 radical (unpaired) electrons. The quantitative estimate of drug-likeness (QED) is 0.849. The number of hydrogen-bond acceptors (Lipinski definition) is 3. The van der Waals surface area contributed by atoms with Crippen molar-refractivity contribution >= 4 is 11.8 Å². The van der Waals surface area contributed by atoms with Crippen LogP contribution < -0.4 is 10.1 Å². The second-order valence-electron chi connectivity index (χ2n) is 6.22. The Balaban J connectivity index is 1.98. The van der Waals surface area contributed by atoms with Crippen LogP contribution in [0.4, 0.5) is 0 Å². The Morgan fingerprint density at radius 2 is 2.10 bits per heavy atom. The Hall–Kier alpha value is -1.84. The minimum Gasteiger partial charge on any atom is -0.497 e. The molecule has 21 heavy (non-hydrogen) atoms. The van der Waals surface area contributed by atoms with Crippen molar-refractivity contribution in [3.05, 3.63) is 29.3 Å². The number of imide groups is 1. The predicted molar refractivity (Wildman–Crippen MR) is 79.0 cm³/mol. The Kier molecular flexibility index (Phi) is 3.47. The van der Waals surface area contributed by atoms with E-state index in [4.69, 9.17) is 4.74 Å². The van der Waals surface area contributed by atoms with E-state index in [-0.39, 0.29) is 23.1 Å². The highest BCUT2D eigenvalue weighted by Crippen LogP contribution is 2.47. The van der Waals surface area contributed by atoms with E-state index in [2.05, 4.69) is 17.4 Å². The molecule has 1 aliphatic carbocycles. The van der Waals surface area contributed by atoms with Crippen LogP contribution in [-0.4, -0.2) is 18.9 Å². The van der Waals surface area contributed by atoms with Gasteiger partial charge in [-0.3, -0.25) is 14.9 Å². The zero-order chi connectivity index (χ0) is 15.0. The number of carbonyl (C=O) groups is 2. The van der Waals surface area contributed by atoms with E-state index in [0.717, 1.165) is 31.4 Å². The maximum atomic E-state index is 12.2. The molecule has 2 unspecified atom stereocenters. The zero-order valence-electron chi connectivity index (χ0n) is 12.6. The molecule has 2 atom stereocenters. The lowest BCUT2D eigenvalue weighted by atomic mass is 9.60. The lowest BCUT2D eigenvalue weighted by Gasteiger charge is -2.45. The lowest BCUT2D eigenvalue weighted by molar-refractivity contribution is -0.144. The van der Waals surface area contributed by atoms with E-state index in [1.807, 2.05) is 13.0 Å². The molecule has 2 amide bonds. The molecule has 4 nitrogen and oxygen atoms in total. The average molecular weight is 287 g/mol. The highest BCUT2D eigenvalue weighted by molar-refractivity contribution is 5.99. The Morgan fingerprint density at radius 1 is 1.29 bits per heavy atom. The molecule has 1 N–H and O–H groups in total. The van der Waals surface area contributed by atoms with Crippen LogP contribution in [0.15, 0.2) is 18.2 Å². The number of carbonyl (C=O) groups excluding carboxylic acids is 2. The monoisotopic (exact) mass is 287 g/mol. The summed E-state index contributed by atoms with van der Waals surface area (Å²) in [7, 11) is 1.66. The van der Waals surface area contributed by atoms with Gasteiger partial charge in [0.2, 0.25) is 11.8 Å².